The monoisotopic (exact) mass is 199 g/mol. The van der Waals surface area contributed by atoms with Crippen molar-refractivity contribution in [2.45, 2.75) is 0 Å². The Labute approximate surface area is 65.0 Å². The molecule has 0 spiro atoms. The summed E-state index contributed by atoms with van der Waals surface area (Å²) in [5, 5.41) is 9.98. The zero-order valence-electron chi connectivity index (χ0n) is 5.00. The number of hydrogen-bond donors (Lipinski definition) is 2. The van der Waals surface area contributed by atoms with Gasteiger partial charge in [0.15, 0.2) is 0 Å². The van der Waals surface area contributed by atoms with Gasteiger partial charge in [-0.25, -0.2) is 0 Å². The van der Waals surface area contributed by atoms with E-state index in [2.05, 4.69) is 28.1 Å². The van der Waals surface area contributed by atoms with Crippen molar-refractivity contribution in [3.05, 3.63) is 0 Å². The first-order valence-corrected chi connectivity index (χ1v) is 4.10. The summed E-state index contributed by atoms with van der Waals surface area (Å²) >= 11 is 0. The fourth-order valence-corrected chi connectivity index (χ4v) is 0.693. The molecule has 58 valence electrons. The largest absolute Gasteiger partial charge is 0.423 e. The third kappa shape index (κ3) is 6.15. The first-order valence-electron chi connectivity index (χ1n) is 2.13. The Kier molecular flexibility index (Phi) is 5.81. The van der Waals surface area contributed by atoms with Crippen LogP contribution in [0.1, 0.15) is 0 Å². The summed E-state index contributed by atoms with van der Waals surface area (Å²) in [5.74, 6) is 4.82. The molecule has 0 rings (SSSR count). The summed E-state index contributed by atoms with van der Waals surface area (Å²) in [7, 11) is 3.96. The molecule has 0 aromatic carbocycles. The van der Waals surface area contributed by atoms with Crippen LogP contribution in [0.4, 0.5) is 0 Å². The summed E-state index contributed by atoms with van der Waals surface area (Å²) < 4.78 is 9.36. The van der Waals surface area contributed by atoms with Gasteiger partial charge in [-0.1, -0.05) is 0 Å². The molecule has 0 saturated carbocycles. The molecule has 3 N–H and O–H groups in total. The molecule has 0 saturated heterocycles. The number of rotatable bonds is 2. The Bertz CT molecular complexity index is 149. The van der Waals surface area contributed by atoms with Gasteiger partial charge in [0.05, 0.1) is 0 Å². The standard InChI is InChI=1S/C2H8N3O2P3/c3-1(8)6-10-7-2(9)5-4/h3,10H,4,8-9H2. The maximum atomic E-state index is 6.79. The highest BCUT2D eigenvalue weighted by atomic mass is 31.1. The normalized spacial score (nSPS) is 12.0. The summed E-state index contributed by atoms with van der Waals surface area (Å²) in [6.45, 7) is 0. The second-order valence-corrected chi connectivity index (χ2v) is 2.71. The topological polar surface area (TPSA) is 80.7 Å². The van der Waals surface area contributed by atoms with E-state index in [4.69, 9.17) is 15.8 Å². The summed E-state index contributed by atoms with van der Waals surface area (Å²) in [5.41, 5.74) is 0.276. The molecule has 0 heterocycles. The summed E-state index contributed by atoms with van der Waals surface area (Å²) in [6, 6.07) is 0. The van der Waals surface area contributed by atoms with Crippen LogP contribution in [0.15, 0.2) is 5.10 Å². The molecule has 0 aliphatic heterocycles. The molecule has 0 aromatic rings. The second-order valence-electron chi connectivity index (χ2n) is 1.12. The number of nitrogens with zero attached hydrogens (tertiary/aromatic N) is 1. The van der Waals surface area contributed by atoms with Crippen molar-refractivity contribution >= 4 is 38.8 Å². The van der Waals surface area contributed by atoms with Gasteiger partial charge in [0.2, 0.25) is 11.3 Å². The van der Waals surface area contributed by atoms with Crippen LogP contribution in [0.3, 0.4) is 0 Å². The first-order chi connectivity index (χ1) is 4.66. The minimum absolute atomic E-state index is 0.0214. The van der Waals surface area contributed by atoms with Crippen LogP contribution in [-0.2, 0) is 9.05 Å². The van der Waals surface area contributed by atoms with Crippen LogP contribution in [0.25, 0.3) is 0 Å². The molecule has 0 amide bonds. The second kappa shape index (κ2) is 5.79. The minimum atomic E-state index is -0.277. The van der Waals surface area contributed by atoms with Gasteiger partial charge in [-0.15, -0.1) is 5.10 Å². The van der Waals surface area contributed by atoms with Gasteiger partial charge in [0, 0.05) is 0 Å². The van der Waals surface area contributed by atoms with Crippen molar-refractivity contribution in [1.29, 1.82) is 5.41 Å². The van der Waals surface area contributed by atoms with Crippen LogP contribution in [0.2, 0.25) is 0 Å². The predicted molar refractivity (Wildman–Crippen MR) is 49.3 cm³/mol. The van der Waals surface area contributed by atoms with E-state index in [1.165, 1.54) is 0 Å². The van der Waals surface area contributed by atoms with Crippen LogP contribution in [0, 0.1) is 5.41 Å². The lowest BCUT2D eigenvalue weighted by molar-refractivity contribution is 0.520. The Hall–Kier alpha value is 0.0300. The number of nitrogens with one attached hydrogen (secondary N) is 1. The van der Waals surface area contributed by atoms with E-state index in [1.807, 2.05) is 0 Å². The lowest BCUT2D eigenvalue weighted by atomic mass is 11.5. The molecule has 10 heavy (non-hydrogen) atoms. The Morgan fingerprint density at radius 2 is 2.10 bits per heavy atom. The third-order valence-corrected chi connectivity index (χ3v) is 1.88. The highest BCUT2D eigenvalue weighted by molar-refractivity contribution is 7.44. The van der Waals surface area contributed by atoms with Crippen LogP contribution < -0.4 is 5.84 Å². The molecule has 5 nitrogen and oxygen atoms in total. The molecule has 0 radical (unpaired) electrons. The van der Waals surface area contributed by atoms with Gasteiger partial charge in [-0.3, -0.25) is 5.41 Å². The molecular formula is C2H8N3O2P3. The predicted octanol–water partition coefficient (Wildman–Crippen LogP) is 0.443. The fraction of sp³-hybridized carbons (Fsp3) is 0. The van der Waals surface area contributed by atoms with Gasteiger partial charge in [0.25, 0.3) is 9.03 Å². The fourth-order valence-electron chi connectivity index (χ4n) is 0.135. The average Bonchev–Trinajstić information content (AvgIpc) is 1.87. The van der Waals surface area contributed by atoms with E-state index in [9.17, 15) is 0 Å². The Morgan fingerprint density at radius 1 is 1.50 bits per heavy atom. The van der Waals surface area contributed by atoms with Gasteiger partial charge < -0.3 is 14.9 Å². The summed E-state index contributed by atoms with van der Waals surface area (Å²) in [4.78, 5) is 0. The smallest absolute Gasteiger partial charge is 0.278 e. The van der Waals surface area contributed by atoms with Crippen molar-refractivity contribution in [2.75, 3.05) is 0 Å². The molecule has 0 bridgehead atoms. The lowest BCUT2D eigenvalue weighted by Gasteiger charge is -2.02. The molecule has 3 atom stereocenters. The van der Waals surface area contributed by atoms with Crippen LogP contribution >= 0.6 is 27.5 Å². The van der Waals surface area contributed by atoms with E-state index in [0.717, 1.165) is 0 Å². The van der Waals surface area contributed by atoms with E-state index in [1.54, 1.807) is 0 Å². The third-order valence-electron chi connectivity index (χ3n) is 0.425. The molecular weight excluding hydrogens is 191 g/mol. The van der Waals surface area contributed by atoms with E-state index >= 15 is 0 Å². The Balaban J connectivity index is 3.29. The van der Waals surface area contributed by atoms with Crippen molar-refractivity contribution in [3.8, 4) is 0 Å². The van der Waals surface area contributed by atoms with Crippen molar-refractivity contribution in [1.82, 2.24) is 0 Å². The van der Waals surface area contributed by atoms with Crippen molar-refractivity contribution < 1.29 is 9.05 Å². The van der Waals surface area contributed by atoms with Gasteiger partial charge in [0.1, 0.15) is 0 Å². The maximum absolute atomic E-state index is 6.79. The van der Waals surface area contributed by atoms with Crippen molar-refractivity contribution in [2.24, 2.45) is 10.9 Å². The zero-order chi connectivity index (χ0) is 7.98. The van der Waals surface area contributed by atoms with E-state index in [-0.39, 0.29) is 20.3 Å². The number of hydrazone groups is 1. The number of nitrogens with two attached hydrogens (primary N) is 1. The SMILES string of the molecule is N=C(P)OPOC(P)=NN. The molecule has 0 aliphatic rings. The first kappa shape index (κ1) is 10.0. The molecule has 0 aliphatic carbocycles. The van der Waals surface area contributed by atoms with Gasteiger partial charge in [-0.05, 0) is 18.5 Å². The van der Waals surface area contributed by atoms with E-state index < -0.39 is 0 Å². The van der Waals surface area contributed by atoms with Gasteiger partial charge in [-0.2, -0.15) is 0 Å². The Morgan fingerprint density at radius 3 is 2.50 bits per heavy atom. The lowest BCUT2D eigenvalue weighted by Crippen LogP contribution is -1.93. The molecule has 0 aromatic heterocycles. The quantitative estimate of drug-likeness (QED) is 0.222. The highest BCUT2D eigenvalue weighted by Crippen LogP contribution is 2.17. The van der Waals surface area contributed by atoms with Gasteiger partial charge >= 0.3 is 0 Å². The minimum Gasteiger partial charge on any atom is -0.423 e. The number of hydrogen-bond acceptors (Lipinski definition) is 5. The van der Waals surface area contributed by atoms with E-state index in [0.29, 0.717) is 0 Å². The molecule has 3 unspecified atom stereocenters. The van der Waals surface area contributed by atoms with Crippen LogP contribution in [-0.4, -0.2) is 11.3 Å². The zero-order valence-corrected chi connectivity index (χ0v) is 8.31. The maximum Gasteiger partial charge on any atom is 0.278 e. The summed E-state index contributed by atoms with van der Waals surface area (Å²) in [6.07, 6.45) is 0. The molecule has 0 fully saturated rings. The average molecular weight is 199 g/mol. The highest BCUT2D eigenvalue weighted by Gasteiger charge is 1.91. The van der Waals surface area contributed by atoms with Crippen molar-refractivity contribution in [3.63, 3.8) is 0 Å². The molecule has 8 heteroatoms. The van der Waals surface area contributed by atoms with Crippen LogP contribution in [0.5, 0.6) is 0 Å².